The second kappa shape index (κ2) is 17.9. The van der Waals surface area contributed by atoms with Crippen LogP contribution in [0.3, 0.4) is 0 Å². The molecular formula is C31H39ClN4O15. The molecule has 0 aromatic heterocycles. The third-order valence-corrected chi connectivity index (χ3v) is 9.45. The van der Waals surface area contributed by atoms with E-state index in [9.17, 15) is 44.7 Å². The van der Waals surface area contributed by atoms with Gasteiger partial charge in [0, 0.05) is 42.2 Å². The molecule has 0 radical (unpaired) electrons. The molecule has 1 saturated heterocycles. The van der Waals surface area contributed by atoms with Crippen molar-refractivity contribution in [2.45, 2.75) is 87.9 Å². The van der Waals surface area contributed by atoms with Crippen molar-refractivity contribution in [1.29, 1.82) is 0 Å². The molecule has 2 heterocycles. The number of hydrogen-bond donors (Lipinski definition) is 0. The molecule has 280 valence electrons. The van der Waals surface area contributed by atoms with Crippen molar-refractivity contribution in [2.75, 3.05) is 33.4 Å². The maximum absolute atomic E-state index is 12.7. The Morgan fingerprint density at radius 3 is 2.10 bits per heavy atom. The molecule has 1 aromatic rings. The van der Waals surface area contributed by atoms with Crippen LogP contribution in [-0.4, -0.2) is 89.0 Å². The van der Waals surface area contributed by atoms with E-state index in [1.54, 1.807) is 6.07 Å². The van der Waals surface area contributed by atoms with Gasteiger partial charge >= 0.3 is 11.9 Å². The van der Waals surface area contributed by atoms with Crippen LogP contribution in [0.1, 0.15) is 68.9 Å². The summed E-state index contributed by atoms with van der Waals surface area (Å²) in [5.74, 6) is 0.0393. The molecule has 5 rings (SSSR count). The molecule has 1 aromatic carbocycles. The standard InChI is InChI=1S/C27H33N3O11.C4H6ClNO4/c1-28-13-12-27-18-9-11-21(40-23(32)7-3-5-15-38-30(35)36)26(27)41-25-20(10-8-17(24(25)27)16-19(18)28)39-22(31)6-2-4-14-37-29(33)34;5-4(7)2-1-3-10-6(8)9/h8-11,18-19,21,26H,2-7,12-16H2,1H3;1-3H2/t18?,19?,21-,26?,27-;/m0./s1. The number of carbonyl (C=O) groups excluding carboxylic acids is 3. The van der Waals surface area contributed by atoms with Gasteiger partial charge in [0.2, 0.25) is 5.24 Å². The number of esters is 2. The lowest BCUT2D eigenvalue weighted by molar-refractivity contribution is -0.757. The molecule has 2 aliphatic heterocycles. The molecule has 2 aliphatic carbocycles. The molecule has 3 unspecified atom stereocenters. The van der Waals surface area contributed by atoms with Crippen LogP contribution in [-0.2, 0) is 45.5 Å². The van der Waals surface area contributed by atoms with Crippen molar-refractivity contribution in [3.05, 3.63) is 65.8 Å². The zero-order valence-electron chi connectivity index (χ0n) is 27.8. The molecular weight excluding hydrogens is 704 g/mol. The van der Waals surface area contributed by atoms with E-state index >= 15 is 0 Å². The molecule has 4 aliphatic rings. The van der Waals surface area contributed by atoms with Crippen LogP contribution >= 0.6 is 11.6 Å². The molecule has 51 heavy (non-hydrogen) atoms. The van der Waals surface area contributed by atoms with Gasteiger partial charge in [-0.1, -0.05) is 12.1 Å². The summed E-state index contributed by atoms with van der Waals surface area (Å²) in [6.07, 6.45) is 6.46. The van der Waals surface area contributed by atoms with Gasteiger partial charge in [-0.05, 0) is 87.8 Å². The van der Waals surface area contributed by atoms with Gasteiger partial charge in [-0.3, -0.25) is 14.4 Å². The van der Waals surface area contributed by atoms with E-state index < -0.39 is 50.1 Å². The van der Waals surface area contributed by atoms with Crippen molar-refractivity contribution in [1.82, 2.24) is 4.90 Å². The Labute approximate surface area is 296 Å². The minimum absolute atomic E-state index is 0.0656. The van der Waals surface area contributed by atoms with Crippen LogP contribution in [0.4, 0.5) is 0 Å². The maximum atomic E-state index is 12.7. The summed E-state index contributed by atoms with van der Waals surface area (Å²) >= 11 is 4.93. The highest BCUT2D eigenvalue weighted by Gasteiger charge is 2.65. The number of nitrogens with zero attached hydrogens (tertiary/aromatic N) is 4. The smallest absolute Gasteiger partial charge is 0.311 e. The van der Waals surface area contributed by atoms with Crippen LogP contribution in [0.2, 0.25) is 0 Å². The van der Waals surface area contributed by atoms with Crippen LogP contribution < -0.4 is 9.47 Å². The minimum Gasteiger partial charge on any atom is -0.481 e. The maximum Gasteiger partial charge on any atom is 0.311 e. The van der Waals surface area contributed by atoms with Gasteiger partial charge in [0.1, 0.15) is 6.10 Å². The summed E-state index contributed by atoms with van der Waals surface area (Å²) in [5, 5.41) is 27.0. The van der Waals surface area contributed by atoms with E-state index in [0.717, 1.165) is 30.5 Å². The zero-order valence-corrected chi connectivity index (χ0v) is 28.6. The highest BCUT2D eigenvalue weighted by atomic mass is 35.5. The number of ether oxygens (including phenoxy) is 3. The monoisotopic (exact) mass is 742 g/mol. The normalized spacial score (nSPS) is 23.3. The summed E-state index contributed by atoms with van der Waals surface area (Å²) in [7, 11) is 2.11. The van der Waals surface area contributed by atoms with E-state index in [1.807, 2.05) is 12.1 Å². The lowest BCUT2D eigenvalue weighted by Gasteiger charge is -2.56. The number of rotatable bonds is 19. The molecule has 2 bridgehead atoms. The highest BCUT2D eigenvalue weighted by molar-refractivity contribution is 6.63. The van der Waals surface area contributed by atoms with Crippen molar-refractivity contribution >= 4 is 28.8 Å². The average Bonchev–Trinajstić information content (AvgIpc) is 3.42. The average molecular weight is 743 g/mol. The van der Waals surface area contributed by atoms with Crippen molar-refractivity contribution in [3.63, 3.8) is 0 Å². The molecule has 0 N–H and O–H groups in total. The highest BCUT2D eigenvalue weighted by Crippen LogP contribution is 2.62. The Hall–Kier alpha value is -4.78. The van der Waals surface area contributed by atoms with E-state index in [0.29, 0.717) is 37.2 Å². The van der Waals surface area contributed by atoms with Crippen LogP contribution in [0.15, 0.2) is 24.3 Å². The summed E-state index contributed by atoms with van der Waals surface area (Å²) in [6, 6.07) is 3.97. The summed E-state index contributed by atoms with van der Waals surface area (Å²) < 4.78 is 18.2. The Kier molecular flexibility index (Phi) is 13.7. The lowest BCUT2D eigenvalue weighted by atomic mass is 9.53. The van der Waals surface area contributed by atoms with E-state index in [1.165, 1.54) is 0 Å². The van der Waals surface area contributed by atoms with Gasteiger partial charge in [0.15, 0.2) is 17.6 Å². The molecule has 5 atom stereocenters. The molecule has 1 fully saturated rings. The molecule has 0 saturated carbocycles. The molecule has 0 amide bonds. The largest absolute Gasteiger partial charge is 0.481 e. The Morgan fingerprint density at radius 2 is 1.49 bits per heavy atom. The van der Waals surface area contributed by atoms with Gasteiger partial charge in [-0.15, -0.1) is 30.3 Å². The van der Waals surface area contributed by atoms with Crippen molar-refractivity contribution < 1.29 is 58.4 Å². The van der Waals surface area contributed by atoms with Gasteiger partial charge in [0.05, 0.1) is 19.8 Å². The number of halogens is 1. The number of carbonyl (C=O) groups is 3. The second-order valence-corrected chi connectivity index (χ2v) is 12.8. The summed E-state index contributed by atoms with van der Waals surface area (Å²) in [5.41, 5.74) is 1.70. The third kappa shape index (κ3) is 9.93. The van der Waals surface area contributed by atoms with Gasteiger partial charge in [0.25, 0.3) is 15.3 Å². The zero-order chi connectivity index (χ0) is 37.1. The van der Waals surface area contributed by atoms with Crippen LogP contribution in [0.25, 0.3) is 0 Å². The minimum atomic E-state index is -0.904. The SMILES string of the molecule is CN1CC[C@]23c4c5ccc(OC(=O)CCCCO[N+](=O)[O-])c4OC2[C@@H](OC(=O)CCCCO[N+](=O)[O-])C=CC3C1C5.O=C(Cl)CCCO[N+](=O)[O-]. The van der Waals surface area contributed by atoms with E-state index in [-0.39, 0.29) is 57.5 Å². The van der Waals surface area contributed by atoms with Crippen LogP contribution in [0.5, 0.6) is 11.5 Å². The second-order valence-electron chi connectivity index (χ2n) is 12.4. The number of likely N-dealkylation sites (tertiary alicyclic amines) is 1. The van der Waals surface area contributed by atoms with Gasteiger partial charge < -0.3 is 33.6 Å². The fraction of sp³-hybridized carbons (Fsp3) is 0.645. The number of hydrogen-bond acceptors (Lipinski definition) is 16. The molecule has 1 spiro atoms. The third-order valence-electron chi connectivity index (χ3n) is 9.26. The molecule has 20 heteroatoms. The fourth-order valence-corrected chi connectivity index (χ4v) is 7.28. The van der Waals surface area contributed by atoms with E-state index in [4.69, 9.17) is 25.8 Å². The topological polar surface area (TPSA) is 239 Å². The van der Waals surface area contributed by atoms with Gasteiger partial charge in [-0.25, -0.2) is 0 Å². The summed E-state index contributed by atoms with van der Waals surface area (Å²) in [6.45, 7) is 0.586. The van der Waals surface area contributed by atoms with Gasteiger partial charge in [-0.2, -0.15) is 0 Å². The molecule has 19 nitrogen and oxygen atoms in total. The summed E-state index contributed by atoms with van der Waals surface area (Å²) in [4.78, 5) is 80.4. The quantitative estimate of drug-likeness (QED) is 0.0375. The number of piperidine rings is 1. The first-order valence-corrected chi connectivity index (χ1v) is 16.8. The Balaban J connectivity index is 0.000000510. The Bertz CT molecular complexity index is 1490. The first-order chi connectivity index (χ1) is 24.3. The fourth-order valence-electron chi connectivity index (χ4n) is 7.15. The van der Waals surface area contributed by atoms with Crippen molar-refractivity contribution in [3.8, 4) is 11.5 Å². The number of benzene rings is 1. The van der Waals surface area contributed by atoms with E-state index in [2.05, 4.69) is 32.5 Å². The number of unbranched alkanes of at least 4 members (excludes halogenated alkanes) is 2. The Morgan fingerprint density at radius 1 is 0.882 bits per heavy atom. The first kappa shape index (κ1) is 39.0. The first-order valence-electron chi connectivity index (χ1n) is 16.5. The van der Waals surface area contributed by atoms with Crippen LogP contribution in [0, 0.1) is 36.3 Å². The van der Waals surface area contributed by atoms with Crippen molar-refractivity contribution in [2.24, 2.45) is 5.92 Å². The predicted octanol–water partition coefficient (Wildman–Crippen LogP) is 3.45. The predicted molar refractivity (Wildman–Crippen MR) is 172 cm³/mol. The number of likely N-dealkylation sites (N-methyl/N-ethyl adjacent to an activating group) is 1. The lowest BCUT2D eigenvalue weighted by Crippen LogP contribution is -2.65.